The Kier molecular flexibility index (Phi) is 11.0. The summed E-state index contributed by atoms with van der Waals surface area (Å²) < 4.78 is 24.0. The van der Waals surface area contributed by atoms with Crippen molar-refractivity contribution in [3.05, 3.63) is 40.3 Å². The van der Waals surface area contributed by atoms with Crippen molar-refractivity contribution in [1.29, 1.82) is 0 Å². The number of nitrogens with two attached hydrogens (primary N) is 1. The van der Waals surface area contributed by atoms with E-state index in [1.54, 1.807) is 12.1 Å². The number of pyridine rings is 1. The van der Waals surface area contributed by atoms with Gasteiger partial charge >= 0.3 is 6.09 Å². The van der Waals surface area contributed by atoms with E-state index in [2.05, 4.69) is 22.0 Å². The minimum absolute atomic E-state index is 0.0196. The van der Waals surface area contributed by atoms with Crippen LogP contribution in [0.2, 0.25) is 5.02 Å². The summed E-state index contributed by atoms with van der Waals surface area (Å²) in [7, 11) is 0. The molecule has 4 heterocycles. The Morgan fingerprint density at radius 2 is 1.96 bits per heavy atom. The molecule has 290 valence electrons. The number of thiazole rings is 1. The maximum absolute atomic E-state index is 14.2. The molecular formula is C38H48ClN7O7S. The van der Waals surface area contributed by atoms with Crippen LogP contribution in [0.5, 0.6) is 11.5 Å². The Morgan fingerprint density at radius 1 is 1.15 bits per heavy atom. The number of rotatable bonds is 12. The number of carbonyl (C=O) groups is 3. The number of primary amides is 1. The SMILES string of the molecule is CC(C)Nc1nc(-c2cc(OC3C[C@@H](C(N)=O)N(C(=O)[C@@H](NC(=O)O[C@@H]4CC5=C[C@@H]5C4)C(C)(C)C)C3)c3ccc(OC[C@H]4COCCN4)c(Cl)c3n2)cs1. The lowest BCUT2D eigenvalue weighted by Gasteiger charge is -2.35. The second kappa shape index (κ2) is 15.5. The molecule has 1 unspecified atom stereocenters. The molecule has 5 N–H and O–H groups in total. The molecule has 2 aliphatic heterocycles. The lowest BCUT2D eigenvalue weighted by Crippen LogP contribution is -2.57. The summed E-state index contributed by atoms with van der Waals surface area (Å²) in [6.45, 7) is 12.0. The molecule has 1 saturated carbocycles. The summed E-state index contributed by atoms with van der Waals surface area (Å²) in [6.07, 6.45) is 2.31. The van der Waals surface area contributed by atoms with E-state index in [1.165, 1.54) is 21.8 Å². The van der Waals surface area contributed by atoms with Crippen molar-refractivity contribution in [1.82, 2.24) is 25.5 Å². The van der Waals surface area contributed by atoms with Crippen molar-refractivity contribution < 1.29 is 33.3 Å². The molecule has 2 aliphatic carbocycles. The predicted molar refractivity (Wildman–Crippen MR) is 206 cm³/mol. The second-order valence-corrected chi connectivity index (χ2v) is 17.0. The zero-order valence-electron chi connectivity index (χ0n) is 31.1. The Bertz CT molecular complexity index is 1940. The van der Waals surface area contributed by atoms with Gasteiger partial charge in [0.1, 0.15) is 53.1 Å². The molecule has 2 aromatic heterocycles. The first-order valence-corrected chi connectivity index (χ1v) is 19.7. The summed E-state index contributed by atoms with van der Waals surface area (Å²) >= 11 is 8.46. The van der Waals surface area contributed by atoms with Gasteiger partial charge in [0, 0.05) is 48.2 Å². The van der Waals surface area contributed by atoms with Crippen molar-refractivity contribution in [2.24, 2.45) is 17.1 Å². The van der Waals surface area contributed by atoms with Gasteiger partial charge in [-0.05, 0) is 37.8 Å². The van der Waals surface area contributed by atoms with Gasteiger partial charge in [0.25, 0.3) is 0 Å². The summed E-state index contributed by atoms with van der Waals surface area (Å²) in [6, 6.07) is 3.66. The van der Waals surface area contributed by atoms with Gasteiger partial charge in [-0.25, -0.2) is 14.8 Å². The normalized spacial score (nSPS) is 24.2. The maximum Gasteiger partial charge on any atom is 0.408 e. The van der Waals surface area contributed by atoms with Crippen LogP contribution in [0.3, 0.4) is 0 Å². The Morgan fingerprint density at radius 3 is 2.65 bits per heavy atom. The molecule has 0 spiro atoms. The topological polar surface area (TPSA) is 179 Å². The zero-order chi connectivity index (χ0) is 38.3. The monoisotopic (exact) mass is 781 g/mol. The average molecular weight is 782 g/mol. The zero-order valence-corrected chi connectivity index (χ0v) is 32.7. The third-order valence-corrected chi connectivity index (χ3v) is 11.2. The van der Waals surface area contributed by atoms with Crippen LogP contribution in [0, 0.1) is 11.3 Å². The highest BCUT2D eigenvalue weighted by Crippen LogP contribution is 2.45. The quantitative estimate of drug-likeness (QED) is 0.184. The fourth-order valence-electron chi connectivity index (χ4n) is 7.23. The number of hydrogen-bond donors (Lipinski definition) is 4. The van der Waals surface area contributed by atoms with Crippen LogP contribution < -0.4 is 31.2 Å². The molecule has 0 bridgehead atoms. The van der Waals surface area contributed by atoms with E-state index < -0.39 is 41.5 Å². The standard InChI is InChI=1S/C38H48ClN7O7S/c1-19(2)42-36-44-27(18-54-36)26-14-30(25-6-7-29(31(39)32(25)43-26)51-17-22-16-50-9-8-41-22)52-24-13-28(34(40)47)46(15-24)35(48)33(38(3,4)5)45-37(49)53-23-11-20-10-21(20)12-23/h6-7,10,14,18-20,22-24,28,33,41H,8-9,11-13,15-17H2,1-5H3,(H2,40,47)(H,42,44)(H,45,49)/t20-,22-,23+,24?,28+,33-/m1/s1. The largest absolute Gasteiger partial charge is 0.490 e. The number of alkyl carbamates (subject to hydrolysis) is 1. The van der Waals surface area contributed by atoms with Gasteiger partial charge in [-0.2, -0.15) is 0 Å². The van der Waals surface area contributed by atoms with E-state index in [0.29, 0.717) is 64.6 Å². The molecule has 2 saturated heterocycles. The summed E-state index contributed by atoms with van der Waals surface area (Å²) in [5.41, 5.74) is 8.09. The smallest absolute Gasteiger partial charge is 0.408 e. The first-order chi connectivity index (χ1) is 25.7. The highest BCUT2D eigenvalue weighted by molar-refractivity contribution is 7.14. The van der Waals surface area contributed by atoms with Crippen LogP contribution >= 0.6 is 22.9 Å². The Labute approximate surface area is 323 Å². The number of anilines is 1. The van der Waals surface area contributed by atoms with Gasteiger partial charge in [0.15, 0.2) is 5.13 Å². The Balaban J connectivity index is 1.15. The van der Waals surface area contributed by atoms with Crippen molar-refractivity contribution in [3.8, 4) is 22.9 Å². The first kappa shape index (κ1) is 38.1. The second-order valence-electron chi connectivity index (χ2n) is 15.8. The molecule has 14 nitrogen and oxygen atoms in total. The third kappa shape index (κ3) is 8.54. The van der Waals surface area contributed by atoms with Crippen LogP contribution in [-0.4, -0.2) is 102 Å². The third-order valence-electron chi connectivity index (χ3n) is 10.0. The molecule has 3 aromatic rings. The molecule has 0 radical (unpaired) electrons. The van der Waals surface area contributed by atoms with E-state index >= 15 is 0 Å². The summed E-state index contributed by atoms with van der Waals surface area (Å²) in [5.74, 6) is 0.222. The number of nitrogens with one attached hydrogen (secondary N) is 3. The Hall–Kier alpha value is -4.18. The average Bonchev–Trinajstić information content (AvgIpc) is 3.45. The molecule has 3 amide bonds. The van der Waals surface area contributed by atoms with Crippen molar-refractivity contribution in [3.63, 3.8) is 0 Å². The van der Waals surface area contributed by atoms with Gasteiger partial charge in [-0.1, -0.05) is 44.0 Å². The van der Waals surface area contributed by atoms with Gasteiger partial charge in [0.05, 0.1) is 37.0 Å². The number of ether oxygens (including phenoxy) is 4. The van der Waals surface area contributed by atoms with Crippen LogP contribution in [0.15, 0.2) is 35.2 Å². The highest BCUT2D eigenvalue weighted by Gasteiger charge is 2.46. The van der Waals surface area contributed by atoms with Gasteiger partial charge in [-0.15, -0.1) is 11.3 Å². The number of carbonyl (C=O) groups excluding carboxylic acids is 3. The van der Waals surface area contributed by atoms with Gasteiger partial charge < -0.3 is 45.5 Å². The lowest BCUT2D eigenvalue weighted by molar-refractivity contribution is -0.141. The summed E-state index contributed by atoms with van der Waals surface area (Å²) in [4.78, 5) is 51.2. The molecule has 3 fully saturated rings. The van der Waals surface area contributed by atoms with E-state index in [1.807, 2.05) is 46.1 Å². The fourth-order valence-corrected chi connectivity index (χ4v) is 8.35. The number of likely N-dealkylation sites (tertiary alicyclic amines) is 1. The minimum atomic E-state index is -0.986. The number of halogens is 1. The van der Waals surface area contributed by atoms with E-state index in [0.717, 1.165) is 24.5 Å². The number of allylic oxidation sites excluding steroid dienone is 1. The predicted octanol–water partition coefficient (Wildman–Crippen LogP) is 4.89. The van der Waals surface area contributed by atoms with E-state index in [-0.39, 0.29) is 31.2 Å². The van der Waals surface area contributed by atoms with Crippen LogP contribution in [0.4, 0.5) is 9.93 Å². The number of benzene rings is 1. The highest BCUT2D eigenvalue weighted by atomic mass is 35.5. The number of aromatic nitrogens is 2. The molecule has 16 heteroatoms. The van der Waals surface area contributed by atoms with E-state index in [9.17, 15) is 14.4 Å². The maximum atomic E-state index is 14.2. The van der Waals surface area contributed by atoms with Crippen molar-refractivity contribution in [2.75, 3.05) is 38.2 Å². The molecular weight excluding hydrogens is 734 g/mol. The van der Waals surface area contributed by atoms with Crippen molar-refractivity contribution >= 4 is 56.9 Å². The number of morpholine rings is 1. The van der Waals surface area contributed by atoms with Crippen LogP contribution in [-0.2, 0) is 19.1 Å². The number of hydrogen-bond acceptors (Lipinski definition) is 12. The fraction of sp³-hybridized carbons (Fsp3) is 0.553. The molecule has 6 atom stereocenters. The van der Waals surface area contributed by atoms with Crippen LogP contribution in [0.1, 0.15) is 53.9 Å². The van der Waals surface area contributed by atoms with Crippen LogP contribution in [0.25, 0.3) is 22.3 Å². The van der Waals surface area contributed by atoms with E-state index in [4.69, 9.17) is 46.3 Å². The van der Waals surface area contributed by atoms with Gasteiger partial charge in [0.2, 0.25) is 11.8 Å². The first-order valence-electron chi connectivity index (χ1n) is 18.5. The van der Waals surface area contributed by atoms with Crippen molar-refractivity contribution in [2.45, 2.75) is 90.3 Å². The number of amides is 3. The number of fused-ring (bicyclic) bond motifs is 2. The van der Waals surface area contributed by atoms with Gasteiger partial charge in [-0.3, -0.25) is 9.59 Å². The molecule has 1 aromatic carbocycles. The molecule has 4 aliphatic rings. The minimum Gasteiger partial charge on any atom is -0.490 e. The molecule has 7 rings (SSSR count). The number of nitrogens with zero attached hydrogens (tertiary/aromatic N) is 3. The molecule has 54 heavy (non-hydrogen) atoms. The lowest BCUT2D eigenvalue weighted by atomic mass is 9.85. The summed E-state index contributed by atoms with van der Waals surface area (Å²) in [5, 5.41) is 13.1.